The molecule has 0 atom stereocenters. The quantitative estimate of drug-likeness (QED) is 0.218. The number of hydrogen-bond acceptors (Lipinski definition) is 9. The van der Waals surface area contributed by atoms with Gasteiger partial charge in [-0.15, -0.1) is 0 Å². The fourth-order valence-corrected chi connectivity index (χ4v) is 5.64. The van der Waals surface area contributed by atoms with Gasteiger partial charge in [-0.25, -0.2) is 4.39 Å². The zero-order valence-corrected chi connectivity index (χ0v) is 28.0. The van der Waals surface area contributed by atoms with Gasteiger partial charge in [-0.3, -0.25) is 32.7 Å². The van der Waals surface area contributed by atoms with Gasteiger partial charge >= 0.3 is 0 Å². The number of amides is 1. The van der Waals surface area contributed by atoms with Crippen LogP contribution < -0.4 is 25.9 Å². The number of anilines is 1. The first-order chi connectivity index (χ1) is 21.2. The molecule has 0 aliphatic carbocycles. The van der Waals surface area contributed by atoms with E-state index in [1.165, 1.54) is 73.7 Å². The Morgan fingerprint density at radius 3 is 1.91 bits per heavy atom. The van der Waals surface area contributed by atoms with Crippen molar-refractivity contribution >= 4 is 52.0 Å². The van der Waals surface area contributed by atoms with Crippen molar-refractivity contribution in [1.82, 2.24) is 18.3 Å². The van der Waals surface area contributed by atoms with Crippen LogP contribution in [0.15, 0.2) is 50.5 Å². The van der Waals surface area contributed by atoms with Crippen LogP contribution in [0.2, 0.25) is 0 Å². The summed E-state index contributed by atoms with van der Waals surface area (Å²) in [6.07, 6.45) is 0. The largest absolute Gasteiger partial charge is 0.494 e. The Morgan fingerprint density at radius 2 is 1.42 bits per heavy atom. The summed E-state index contributed by atoms with van der Waals surface area (Å²) in [7, 11) is 5.75. The fourth-order valence-electron chi connectivity index (χ4n) is 4.73. The predicted molar refractivity (Wildman–Crippen MR) is 173 cm³/mol. The number of hydrogen-bond donors (Lipinski definition) is 3. The maximum absolute atomic E-state index is 13.7. The van der Waals surface area contributed by atoms with Gasteiger partial charge in [-0.1, -0.05) is 0 Å². The molecule has 2 aromatic carbocycles. The third kappa shape index (κ3) is 6.43. The predicted octanol–water partition coefficient (Wildman–Crippen LogP) is 4.13. The number of nitrogens with one attached hydrogen (secondary N) is 1. The van der Waals surface area contributed by atoms with Gasteiger partial charge in [0.15, 0.2) is 27.6 Å². The third-order valence-electron chi connectivity index (χ3n) is 7.05. The smallest absolute Gasteiger partial charge is 0.262 e. The van der Waals surface area contributed by atoms with Gasteiger partial charge in [0.2, 0.25) is 11.8 Å². The van der Waals surface area contributed by atoms with Crippen molar-refractivity contribution in [3.8, 4) is 23.3 Å². The zero-order valence-electron chi connectivity index (χ0n) is 24.8. The molecule has 0 bridgehead atoms. The molecule has 238 valence electrons. The number of rotatable bonds is 9. The Bertz CT molecular complexity index is 1970. The van der Waals surface area contributed by atoms with Crippen molar-refractivity contribution in [3.63, 3.8) is 0 Å². The van der Waals surface area contributed by atoms with E-state index >= 15 is 0 Å². The maximum Gasteiger partial charge on any atom is 0.262 e. The fraction of sp³-hybridized carbons (Fsp3) is 0.276. The van der Waals surface area contributed by atoms with Crippen molar-refractivity contribution in [2.24, 2.45) is 28.2 Å². The molecule has 0 aliphatic rings. The van der Waals surface area contributed by atoms with Crippen LogP contribution in [0, 0.1) is 15.4 Å². The second kappa shape index (κ2) is 13.4. The van der Waals surface area contributed by atoms with Gasteiger partial charge in [0.25, 0.3) is 17.0 Å². The zero-order chi connectivity index (χ0) is 33.3. The summed E-state index contributed by atoms with van der Waals surface area (Å²) in [6.45, 7) is 1.43. The molecule has 0 fully saturated rings. The van der Waals surface area contributed by atoms with Gasteiger partial charge in [-0.2, -0.15) is 0 Å². The minimum Gasteiger partial charge on any atom is -0.494 e. The third-order valence-corrected chi connectivity index (χ3v) is 8.74. The van der Waals surface area contributed by atoms with E-state index in [0.717, 1.165) is 9.13 Å². The van der Waals surface area contributed by atoms with Crippen molar-refractivity contribution in [1.29, 1.82) is 0 Å². The summed E-state index contributed by atoms with van der Waals surface area (Å²) in [5, 5.41) is 25.1. The van der Waals surface area contributed by atoms with Crippen LogP contribution in [-0.2, 0) is 33.0 Å². The number of ether oxygens (including phenoxy) is 2. The number of carbonyl (C=O) groups excluding carboxylic acids is 1. The Morgan fingerprint density at radius 1 is 0.911 bits per heavy atom. The van der Waals surface area contributed by atoms with E-state index in [4.69, 9.17) is 33.9 Å². The molecule has 2 aromatic heterocycles. The average molecular weight is 723 g/mol. The molecule has 45 heavy (non-hydrogen) atoms. The van der Waals surface area contributed by atoms with Crippen molar-refractivity contribution < 1.29 is 28.9 Å². The molecule has 4 rings (SSSR count). The number of aromatic nitrogens is 4. The normalized spacial score (nSPS) is 11.1. The molecule has 4 aromatic rings. The summed E-state index contributed by atoms with van der Waals surface area (Å²) in [6, 6.07) is 8.21. The number of aromatic hydroxyl groups is 2. The average Bonchev–Trinajstić information content (AvgIpc) is 3.01. The molecule has 16 heteroatoms. The topological polar surface area (TPSA) is 142 Å². The van der Waals surface area contributed by atoms with E-state index in [1.54, 1.807) is 6.92 Å². The molecular formula is C29H29BrFN5O7S2. The number of nitrogens with zero attached hydrogens (tertiary/aromatic N) is 4. The van der Waals surface area contributed by atoms with Crippen LogP contribution in [0.3, 0.4) is 0 Å². The molecule has 1 amide bonds. The Labute approximate surface area is 274 Å². The second-order valence-corrected chi connectivity index (χ2v) is 11.5. The lowest BCUT2D eigenvalue weighted by Gasteiger charge is -2.24. The summed E-state index contributed by atoms with van der Waals surface area (Å²) >= 11 is 14.0. The first-order valence-corrected chi connectivity index (χ1v) is 14.9. The van der Waals surface area contributed by atoms with Gasteiger partial charge in [0.1, 0.15) is 5.82 Å². The van der Waals surface area contributed by atoms with E-state index in [-0.39, 0.29) is 48.8 Å². The first kappa shape index (κ1) is 33.6. The van der Waals surface area contributed by atoms with Gasteiger partial charge in [0, 0.05) is 33.9 Å². The highest BCUT2D eigenvalue weighted by molar-refractivity contribution is 9.10. The van der Waals surface area contributed by atoms with Crippen LogP contribution >= 0.6 is 40.4 Å². The van der Waals surface area contributed by atoms with E-state index < -0.39 is 47.1 Å². The van der Waals surface area contributed by atoms with Crippen LogP contribution in [0.5, 0.6) is 23.3 Å². The van der Waals surface area contributed by atoms with Crippen LogP contribution in [0.4, 0.5) is 10.1 Å². The van der Waals surface area contributed by atoms with Gasteiger partial charge < -0.3 is 25.0 Å². The Hall–Kier alpha value is -4.28. The first-order valence-electron chi connectivity index (χ1n) is 13.3. The molecular weight excluding hydrogens is 693 g/mol. The molecule has 0 unspecified atom stereocenters. The molecule has 0 saturated carbocycles. The highest BCUT2D eigenvalue weighted by Crippen LogP contribution is 2.43. The molecule has 3 N–H and O–H groups in total. The second-order valence-electron chi connectivity index (χ2n) is 9.93. The summed E-state index contributed by atoms with van der Waals surface area (Å²) < 4.78 is 29.9. The van der Waals surface area contributed by atoms with Gasteiger partial charge in [-0.05, 0) is 89.3 Å². The minimum absolute atomic E-state index is 0.0161. The monoisotopic (exact) mass is 721 g/mol. The molecule has 0 aliphatic heterocycles. The minimum atomic E-state index is -1.36. The molecule has 2 heterocycles. The molecule has 12 nitrogen and oxygen atoms in total. The Balaban J connectivity index is 1.92. The summed E-state index contributed by atoms with van der Waals surface area (Å²) in [5.41, 5.74) is -1.31. The van der Waals surface area contributed by atoms with Crippen LogP contribution in [-0.4, -0.2) is 47.6 Å². The molecule has 0 saturated heterocycles. The Kier molecular flexibility index (Phi) is 9.99. The van der Waals surface area contributed by atoms with E-state index in [1.807, 2.05) is 0 Å². The summed E-state index contributed by atoms with van der Waals surface area (Å²) in [4.78, 5) is 40.0. The highest BCUT2D eigenvalue weighted by Gasteiger charge is 2.34. The van der Waals surface area contributed by atoms with Crippen molar-refractivity contribution in [2.45, 2.75) is 12.8 Å². The van der Waals surface area contributed by atoms with Crippen molar-refractivity contribution in [3.05, 3.63) is 93.6 Å². The van der Waals surface area contributed by atoms with E-state index in [2.05, 4.69) is 21.2 Å². The number of halogens is 2. The lowest BCUT2D eigenvalue weighted by molar-refractivity contribution is -0.118. The molecule has 0 spiro atoms. The lowest BCUT2D eigenvalue weighted by Crippen LogP contribution is -2.33. The van der Waals surface area contributed by atoms with Gasteiger partial charge in [0.05, 0.1) is 28.1 Å². The standard InChI is InChI=1S/C29H29BrFN5O7S2/c1-6-42-18-12-14(11-17(30)23(18)43-13-19(37)32-16-9-7-15(31)8-10-16)20(21-24(38)33(2)28(44)34(3)25(21)39)22-26(40)35(4)29(45)36(5)27(22)41/h7-12,20,38,40H,6,13H2,1-5H3,(H,32,37). The number of benzene rings is 2. The van der Waals surface area contributed by atoms with E-state index in [0.29, 0.717) is 5.69 Å². The van der Waals surface area contributed by atoms with E-state index in [9.17, 15) is 29.0 Å². The summed E-state index contributed by atoms with van der Waals surface area (Å²) in [5.74, 6) is -3.14. The lowest BCUT2D eigenvalue weighted by atomic mass is 9.86. The number of carbonyl (C=O) groups is 1. The SMILES string of the molecule is CCOc1cc(C(c2c(O)n(C)c(=S)n(C)c2=O)c2c(O)n(C)c(=S)n(C)c2=O)cc(Br)c1OCC(=O)Nc1ccc(F)cc1. The van der Waals surface area contributed by atoms with Crippen molar-refractivity contribution in [2.75, 3.05) is 18.5 Å². The van der Waals surface area contributed by atoms with Crippen LogP contribution in [0.1, 0.15) is 29.5 Å². The van der Waals surface area contributed by atoms with Crippen LogP contribution in [0.25, 0.3) is 0 Å². The molecule has 0 radical (unpaired) electrons. The highest BCUT2D eigenvalue weighted by atomic mass is 79.9. The maximum atomic E-state index is 13.7.